The number of carbonyl (C=O) groups is 1. The van der Waals surface area contributed by atoms with Gasteiger partial charge in [0.15, 0.2) is 0 Å². The quantitative estimate of drug-likeness (QED) is 0.688. The smallest absolute Gasteiger partial charge is 0.309 e. The topological polar surface area (TPSA) is 46.5 Å². The van der Waals surface area contributed by atoms with Gasteiger partial charge in [-0.2, -0.15) is 0 Å². The molecule has 0 aromatic rings. The molecule has 0 radical (unpaired) electrons. The Hall–Kier alpha value is -0.990. The zero-order chi connectivity index (χ0) is 10.2. The number of allylic oxidation sites excluding steroid dienone is 1. The number of carboxylic acid groups (broad SMARTS) is 1. The van der Waals surface area contributed by atoms with Crippen LogP contribution in [0.2, 0.25) is 0 Å². The van der Waals surface area contributed by atoms with Crippen LogP contribution < -0.4 is 0 Å². The number of aliphatic carboxylic acids is 1. The van der Waals surface area contributed by atoms with Gasteiger partial charge in [0.1, 0.15) is 0 Å². The van der Waals surface area contributed by atoms with Crippen LogP contribution in [-0.4, -0.2) is 18.2 Å². The third-order valence-corrected chi connectivity index (χ3v) is 3.75. The molecule has 2 fully saturated rings. The maximum absolute atomic E-state index is 11.1. The van der Waals surface area contributed by atoms with Crippen molar-refractivity contribution >= 4 is 5.97 Å². The number of hydrogen-bond donors (Lipinski definition) is 1. The number of carboxylic acids is 1. The van der Waals surface area contributed by atoms with E-state index in [1.165, 1.54) is 5.57 Å². The van der Waals surface area contributed by atoms with Crippen LogP contribution >= 0.6 is 0 Å². The second kappa shape index (κ2) is 3.30. The first kappa shape index (κ1) is 9.56. The summed E-state index contributed by atoms with van der Waals surface area (Å²) >= 11 is 0. The van der Waals surface area contributed by atoms with Crippen molar-refractivity contribution in [2.45, 2.75) is 32.1 Å². The molecule has 0 aliphatic heterocycles. The molecule has 0 spiro atoms. The summed E-state index contributed by atoms with van der Waals surface area (Å²) in [6, 6.07) is 0. The summed E-state index contributed by atoms with van der Waals surface area (Å²) in [5.74, 6) is -0.142. The summed E-state index contributed by atoms with van der Waals surface area (Å²) in [5.41, 5.74) is 0.900. The maximum atomic E-state index is 11.1. The summed E-state index contributed by atoms with van der Waals surface area (Å²) in [7, 11) is 1.65. The van der Waals surface area contributed by atoms with Gasteiger partial charge < -0.3 is 9.84 Å². The van der Waals surface area contributed by atoms with E-state index in [4.69, 9.17) is 4.74 Å². The molecule has 0 heterocycles. The number of methoxy groups -OCH3 is 1. The minimum Gasteiger partial charge on any atom is -0.504 e. The normalized spacial score (nSPS) is 38.6. The van der Waals surface area contributed by atoms with Crippen molar-refractivity contribution in [3.05, 3.63) is 11.8 Å². The Bertz CT molecular complexity index is 282. The maximum Gasteiger partial charge on any atom is 0.309 e. The molecule has 2 unspecified atom stereocenters. The van der Waals surface area contributed by atoms with Crippen molar-refractivity contribution in [3.8, 4) is 0 Å². The Morgan fingerprint density at radius 3 is 3.07 bits per heavy atom. The van der Waals surface area contributed by atoms with Gasteiger partial charge in [0.2, 0.25) is 0 Å². The Morgan fingerprint density at radius 2 is 2.43 bits per heavy atom. The summed E-state index contributed by atoms with van der Waals surface area (Å²) in [5, 5.41) is 9.18. The molecular formula is C11H16O3. The van der Waals surface area contributed by atoms with Crippen LogP contribution in [0.25, 0.3) is 0 Å². The molecule has 0 saturated heterocycles. The average Bonchev–Trinajstić information content (AvgIpc) is 2.52. The standard InChI is InChI=1S/C11H16O3/c1-14-7-9-3-5-11(10(12)13)4-2-8(9)6-11/h7-8H,2-6H2,1H3,(H,12,13)/b9-7+. The second-order valence-electron chi connectivity index (χ2n) is 4.45. The lowest BCUT2D eigenvalue weighted by atomic mass is 9.74. The van der Waals surface area contributed by atoms with Gasteiger partial charge in [0.25, 0.3) is 0 Å². The fraction of sp³-hybridized carbons (Fsp3) is 0.727. The van der Waals surface area contributed by atoms with Gasteiger partial charge in [-0.3, -0.25) is 4.79 Å². The minimum absolute atomic E-state index is 0.407. The van der Waals surface area contributed by atoms with E-state index in [2.05, 4.69) is 0 Å². The van der Waals surface area contributed by atoms with Crippen LogP contribution in [0.1, 0.15) is 32.1 Å². The van der Waals surface area contributed by atoms with Crippen LogP contribution in [0.5, 0.6) is 0 Å². The molecule has 2 bridgehead atoms. The zero-order valence-electron chi connectivity index (χ0n) is 8.45. The molecule has 2 atom stereocenters. The highest BCUT2D eigenvalue weighted by atomic mass is 16.5. The van der Waals surface area contributed by atoms with Crippen LogP contribution in [-0.2, 0) is 9.53 Å². The Morgan fingerprint density at radius 1 is 1.64 bits per heavy atom. The molecule has 14 heavy (non-hydrogen) atoms. The first-order valence-corrected chi connectivity index (χ1v) is 5.13. The first-order chi connectivity index (χ1) is 6.68. The molecule has 3 heteroatoms. The molecule has 0 aromatic carbocycles. The lowest BCUT2D eigenvalue weighted by Gasteiger charge is -2.30. The number of rotatable bonds is 2. The van der Waals surface area contributed by atoms with Crippen molar-refractivity contribution in [2.75, 3.05) is 7.11 Å². The Kier molecular flexibility index (Phi) is 2.25. The third kappa shape index (κ3) is 1.31. The highest BCUT2D eigenvalue weighted by molar-refractivity contribution is 5.75. The van der Waals surface area contributed by atoms with Gasteiger partial charge in [-0.1, -0.05) is 0 Å². The van der Waals surface area contributed by atoms with Crippen molar-refractivity contribution in [3.63, 3.8) is 0 Å². The summed E-state index contributed by atoms with van der Waals surface area (Å²) < 4.78 is 5.02. The monoisotopic (exact) mass is 196 g/mol. The lowest BCUT2D eigenvalue weighted by Crippen LogP contribution is -2.31. The predicted octanol–water partition coefficient (Wildman–Crippen LogP) is 2.18. The zero-order valence-corrected chi connectivity index (χ0v) is 8.45. The van der Waals surface area contributed by atoms with Crippen LogP contribution in [0.15, 0.2) is 11.8 Å². The van der Waals surface area contributed by atoms with Crippen LogP contribution in [0.4, 0.5) is 0 Å². The summed E-state index contributed by atoms with van der Waals surface area (Å²) in [6.45, 7) is 0. The number of ether oxygens (including phenoxy) is 1. The highest BCUT2D eigenvalue weighted by Gasteiger charge is 2.49. The third-order valence-electron chi connectivity index (χ3n) is 3.75. The Labute approximate surface area is 83.8 Å². The van der Waals surface area contributed by atoms with E-state index in [1.807, 2.05) is 6.26 Å². The first-order valence-electron chi connectivity index (χ1n) is 5.13. The van der Waals surface area contributed by atoms with Crippen molar-refractivity contribution in [1.82, 2.24) is 0 Å². The van der Waals surface area contributed by atoms with E-state index in [1.54, 1.807) is 7.11 Å². The molecule has 2 aliphatic carbocycles. The van der Waals surface area contributed by atoms with Crippen molar-refractivity contribution in [1.29, 1.82) is 0 Å². The Balaban J connectivity index is 2.16. The molecule has 0 amide bonds. The van der Waals surface area contributed by atoms with Gasteiger partial charge in [0, 0.05) is 0 Å². The van der Waals surface area contributed by atoms with Crippen molar-refractivity contribution < 1.29 is 14.6 Å². The lowest BCUT2D eigenvalue weighted by molar-refractivity contribution is -0.149. The van der Waals surface area contributed by atoms with Gasteiger partial charge in [0.05, 0.1) is 18.8 Å². The van der Waals surface area contributed by atoms with Gasteiger partial charge in [-0.25, -0.2) is 0 Å². The fourth-order valence-corrected chi connectivity index (χ4v) is 2.87. The minimum atomic E-state index is -0.600. The van der Waals surface area contributed by atoms with Crippen LogP contribution in [0, 0.1) is 11.3 Å². The van der Waals surface area contributed by atoms with Gasteiger partial charge in [-0.05, 0) is 43.6 Å². The van der Waals surface area contributed by atoms with Gasteiger partial charge in [-0.15, -0.1) is 0 Å². The predicted molar refractivity (Wildman–Crippen MR) is 51.7 cm³/mol. The highest BCUT2D eigenvalue weighted by Crippen LogP contribution is 2.53. The SMILES string of the molecule is CO/C=C1\CCC2(C(=O)O)CCC1C2. The van der Waals surface area contributed by atoms with E-state index >= 15 is 0 Å². The van der Waals surface area contributed by atoms with E-state index < -0.39 is 11.4 Å². The molecule has 2 saturated carbocycles. The number of hydrogen-bond acceptors (Lipinski definition) is 2. The molecule has 2 aliphatic rings. The largest absolute Gasteiger partial charge is 0.504 e. The molecule has 2 rings (SSSR count). The van der Waals surface area contributed by atoms with E-state index in [-0.39, 0.29) is 0 Å². The number of fused-ring (bicyclic) bond motifs is 2. The molecule has 0 aromatic heterocycles. The molecule has 78 valence electrons. The fourth-order valence-electron chi connectivity index (χ4n) is 2.87. The molecular weight excluding hydrogens is 180 g/mol. The van der Waals surface area contributed by atoms with Gasteiger partial charge >= 0.3 is 5.97 Å². The molecule has 1 N–H and O–H groups in total. The second-order valence-corrected chi connectivity index (χ2v) is 4.45. The average molecular weight is 196 g/mol. The molecule has 3 nitrogen and oxygen atoms in total. The summed E-state index contributed by atoms with van der Waals surface area (Å²) in [6.07, 6.45) is 6.16. The van der Waals surface area contributed by atoms with E-state index in [9.17, 15) is 9.90 Å². The van der Waals surface area contributed by atoms with E-state index in [0.29, 0.717) is 5.92 Å². The van der Waals surface area contributed by atoms with Crippen LogP contribution in [0.3, 0.4) is 0 Å². The summed E-state index contributed by atoms with van der Waals surface area (Å²) in [4.78, 5) is 11.1. The van der Waals surface area contributed by atoms with Crippen molar-refractivity contribution in [2.24, 2.45) is 11.3 Å². The van der Waals surface area contributed by atoms with E-state index in [0.717, 1.165) is 32.1 Å².